The number of hydrogen-bond donors (Lipinski definition) is 2. The van der Waals surface area contributed by atoms with E-state index in [1.165, 1.54) is 6.42 Å². The lowest BCUT2D eigenvalue weighted by molar-refractivity contribution is 0.0998. The molecule has 1 fully saturated rings. The lowest BCUT2D eigenvalue weighted by Crippen LogP contribution is -2.20. The minimum Gasteiger partial charge on any atom is -0.366 e. The molecule has 3 N–H and O–H groups in total. The molecule has 1 aliphatic carbocycles. The standard InChI is InChI=1S/C21H20N4O/c22-21(26)16-10-5-11-18(20(16)15-8-4-9-15)23-19-13-12-17(24-25-19)14-6-2-1-3-7-14/h1-3,5-7,10-13,15H,4,8-9H2,(H2,22,26)(H,23,25). The van der Waals surface area contributed by atoms with Crippen LogP contribution in [0.3, 0.4) is 0 Å². The quantitative estimate of drug-likeness (QED) is 0.725. The molecule has 0 radical (unpaired) electrons. The summed E-state index contributed by atoms with van der Waals surface area (Å²) in [6.07, 6.45) is 3.35. The highest BCUT2D eigenvalue weighted by Crippen LogP contribution is 2.42. The Morgan fingerprint density at radius 1 is 0.962 bits per heavy atom. The molecule has 0 aliphatic heterocycles. The molecule has 3 aromatic rings. The number of carbonyl (C=O) groups excluding carboxylic acids is 1. The zero-order chi connectivity index (χ0) is 17.9. The summed E-state index contributed by atoms with van der Waals surface area (Å²) in [5.41, 5.74) is 9.90. The number of hydrogen-bond acceptors (Lipinski definition) is 4. The first kappa shape index (κ1) is 16.3. The number of primary amides is 1. The molecule has 0 saturated heterocycles. The van der Waals surface area contributed by atoms with E-state index in [4.69, 9.17) is 5.73 Å². The Morgan fingerprint density at radius 2 is 1.77 bits per heavy atom. The first-order chi connectivity index (χ1) is 12.7. The molecule has 1 heterocycles. The van der Waals surface area contributed by atoms with Gasteiger partial charge in [0.1, 0.15) is 0 Å². The fourth-order valence-corrected chi connectivity index (χ4v) is 3.33. The van der Waals surface area contributed by atoms with Gasteiger partial charge >= 0.3 is 0 Å². The van der Waals surface area contributed by atoms with Crippen molar-refractivity contribution in [2.45, 2.75) is 25.2 Å². The molecule has 5 nitrogen and oxygen atoms in total. The van der Waals surface area contributed by atoms with Gasteiger partial charge in [0, 0.05) is 16.8 Å². The lowest BCUT2D eigenvalue weighted by Gasteiger charge is -2.29. The third-order valence-electron chi connectivity index (χ3n) is 4.88. The molecule has 0 atom stereocenters. The molecule has 1 aliphatic rings. The molecule has 26 heavy (non-hydrogen) atoms. The van der Waals surface area contributed by atoms with Crippen LogP contribution in [0.4, 0.5) is 11.5 Å². The van der Waals surface area contributed by atoms with Crippen LogP contribution in [-0.4, -0.2) is 16.1 Å². The summed E-state index contributed by atoms with van der Waals surface area (Å²) >= 11 is 0. The maximum absolute atomic E-state index is 11.8. The van der Waals surface area contributed by atoms with E-state index in [0.717, 1.165) is 35.3 Å². The lowest BCUT2D eigenvalue weighted by atomic mass is 9.77. The van der Waals surface area contributed by atoms with E-state index < -0.39 is 0 Å². The van der Waals surface area contributed by atoms with Crippen molar-refractivity contribution in [1.29, 1.82) is 0 Å². The van der Waals surface area contributed by atoms with E-state index in [1.807, 2.05) is 54.6 Å². The molecule has 1 saturated carbocycles. The van der Waals surface area contributed by atoms with Gasteiger partial charge in [0.15, 0.2) is 5.82 Å². The molecule has 0 spiro atoms. The summed E-state index contributed by atoms with van der Waals surface area (Å²) in [6.45, 7) is 0. The number of benzene rings is 2. The summed E-state index contributed by atoms with van der Waals surface area (Å²) in [5, 5.41) is 11.9. The largest absolute Gasteiger partial charge is 0.366 e. The third kappa shape index (κ3) is 3.16. The predicted molar refractivity (Wildman–Crippen MR) is 102 cm³/mol. The highest BCUT2D eigenvalue weighted by molar-refractivity contribution is 5.96. The number of nitrogens with zero attached hydrogens (tertiary/aromatic N) is 2. The van der Waals surface area contributed by atoms with Crippen molar-refractivity contribution in [3.8, 4) is 11.3 Å². The summed E-state index contributed by atoms with van der Waals surface area (Å²) in [6, 6.07) is 19.4. The zero-order valence-electron chi connectivity index (χ0n) is 14.4. The van der Waals surface area contributed by atoms with Crippen LogP contribution in [0.15, 0.2) is 60.7 Å². The number of amides is 1. The summed E-state index contributed by atoms with van der Waals surface area (Å²) in [5.74, 6) is 0.630. The van der Waals surface area contributed by atoms with Crippen LogP contribution in [0, 0.1) is 0 Å². The molecule has 1 amide bonds. The Hall–Kier alpha value is -3.21. The number of nitrogens with one attached hydrogen (secondary N) is 1. The van der Waals surface area contributed by atoms with Gasteiger partial charge in [-0.3, -0.25) is 4.79 Å². The summed E-state index contributed by atoms with van der Waals surface area (Å²) < 4.78 is 0. The molecule has 130 valence electrons. The maximum Gasteiger partial charge on any atom is 0.249 e. The Labute approximate surface area is 152 Å². The fourth-order valence-electron chi connectivity index (χ4n) is 3.33. The average molecular weight is 344 g/mol. The van der Waals surface area contributed by atoms with Crippen LogP contribution < -0.4 is 11.1 Å². The Balaban J connectivity index is 1.63. The predicted octanol–water partition coefficient (Wildman–Crippen LogP) is 4.25. The van der Waals surface area contributed by atoms with Crippen LogP contribution in [0.2, 0.25) is 0 Å². The number of anilines is 2. The molecular weight excluding hydrogens is 324 g/mol. The van der Waals surface area contributed by atoms with Crippen molar-refractivity contribution in [3.05, 3.63) is 71.8 Å². The van der Waals surface area contributed by atoms with Gasteiger partial charge in [-0.25, -0.2) is 0 Å². The second-order valence-corrected chi connectivity index (χ2v) is 6.55. The van der Waals surface area contributed by atoms with Gasteiger partial charge in [-0.2, -0.15) is 0 Å². The normalized spacial score (nSPS) is 13.8. The molecule has 1 aromatic heterocycles. The van der Waals surface area contributed by atoms with Gasteiger partial charge in [0.25, 0.3) is 0 Å². The minimum atomic E-state index is -0.388. The van der Waals surface area contributed by atoms with Gasteiger partial charge in [0.2, 0.25) is 5.91 Å². The topological polar surface area (TPSA) is 80.9 Å². The Kier molecular flexibility index (Phi) is 4.35. The van der Waals surface area contributed by atoms with Crippen LogP contribution in [0.25, 0.3) is 11.3 Å². The maximum atomic E-state index is 11.8. The van der Waals surface area contributed by atoms with E-state index in [0.29, 0.717) is 17.3 Å². The van der Waals surface area contributed by atoms with Crippen molar-refractivity contribution in [2.24, 2.45) is 5.73 Å². The fraction of sp³-hybridized carbons (Fsp3) is 0.190. The van der Waals surface area contributed by atoms with E-state index in [1.54, 1.807) is 6.07 Å². The molecule has 0 unspecified atom stereocenters. The van der Waals surface area contributed by atoms with E-state index in [2.05, 4.69) is 15.5 Å². The van der Waals surface area contributed by atoms with Crippen LogP contribution in [-0.2, 0) is 0 Å². The Bertz CT molecular complexity index is 919. The zero-order valence-corrected chi connectivity index (χ0v) is 14.4. The SMILES string of the molecule is NC(=O)c1cccc(Nc2ccc(-c3ccccc3)nn2)c1C1CCC1. The number of rotatable bonds is 5. The number of nitrogens with two attached hydrogens (primary N) is 1. The molecule has 4 rings (SSSR count). The van der Waals surface area contributed by atoms with Gasteiger partial charge in [-0.1, -0.05) is 42.8 Å². The summed E-state index contributed by atoms with van der Waals surface area (Å²) in [7, 11) is 0. The molecule has 0 bridgehead atoms. The van der Waals surface area contributed by atoms with Crippen molar-refractivity contribution in [2.75, 3.05) is 5.32 Å². The Morgan fingerprint density at radius 3 is 2.38 bits per heavy atom. The van der Waals surface area contributed by atoms with E-state index >= 15 is 0 Å². The molecule has 2 aromatic carbocycles. The third-order valence-corrected chi connectivity index (χ3v) is 4.88. The monoisotopic (exact) mass is 344 g/mol. The number of aromatic nitrogens is 2. The van der Waals surface area contributed by atoms with Crippen LogP contribution in [0.1, 0.15) is 41.1 Å². The van der Waals surface area contributed by atoms with E-state index in [-0.39, 0.29) is 5.91 Å². The summed E-state index contributed by atoms with van der Waals surface area (Å²) in [4.78, 5) is 11.8. The van der Waals surface area contributed by atoms with Gasteiger partial charge < -0.3 is 11.1 Å². The highest BCUT2D eigenvalue weighted by atomic mass is 16.1. The van der Waals surface area contributed by atoms with Crippen molar-refractivity contribution >= 4 is 17.4 Å². The van der Waals surface area contributed by atoms with Crippen molar-refractivity contribution < 1.29 is 4.79 Å². The molecular formula is C21H20N4O. The van der Waals surface area contributed by atoms with Crippen molar-refractivity contribution in [3.63, 3.8) is 0 Å². The highest BCUT2D eigenvalue weighted by Gasteiger charge is 2.26. The first-order valence-electron chi connectivity index (χ1n) is 8.81. The van der Waals surface area contributed by atoms with E-state index in [9.17, 15) is 4.79 Å². The average Bonchev–Trinajstić information content (AvgIpc) is 2.63. The van der Waals surface area contributed by atoms with Gasteiger partial charge in [-0.15, -0.1) is 10.2 Å². The van der Waals surface area contributed by atoms with Crippen LogP contribution in [0.5, 0.6) is 0 Å². The van der Waals surface area contributed by atoms with Gasteiger partial charge in [0.05, 0.1) is 5.69 Å². The number of carbonyl (C=O) groups is 1. The second kappa shape index (κ2) is 6.96. The first-order valence-corrected chi connectivity index (χ1v) is 8.81. The molecule has 5 heteroatoms. The van der Waals surface area contributed by atoms with Crippen LogP contribution >= 0.6 is 0 Å². The van der Waals surface area contributed by atoms with Gasteiger partial charge in [-0.05, 0) is 48.6 Å². The minimum absolute atomic E-state index is 0.373. The van der Waals surface area contributed by atoms with Crippen molar-refractivity contribution in [1.82, 2.24) is 10.2 Å². The second-order valence-electron chi connectivity index (χ2n) is 6.55. The smallest absolute Gasteiger partial charge is 0.249 e.